The molecule has 1 aromatic heterocycles. The van der Waals surface area contributed by atoms with E-state index < -0.39 is 26.8 Å². The van der Waals surface area contributed by atoms with Crippen molar-refractivity contribution in [3.63, 3.8) is 0 Å². The number of sulfone groups is 1. The Kier molecular flexibility index (Phi) is 5.51. The van der Waals surface area contributed by atoms with Crippen molar-refractivity contribution in [2.45, 2.75) is 17.1 Å². The summed E-state index contributed by atoms with van der Waals surface area (Å²) in [5.41, 5.74) is 2.47. The first-order valence-electron chi connectivity index (χ1n) is 9.31. The Balaban J connectivity index is 1.57. The molecule has 0 fully saturated rings. The van der Waals surface area contributed by atoms with Gasteiger partial charge in [0.25, 0.3) is 0 Å². The summed E-state index contributed by atoms with van der Waals surface area (Å²) in [7, 11) is -3.97. The number of rotatable bonds is 5. The van der Waals surface area contributed by atoms with Crippen LogP contribution < -0.4 is 5.32 Å². The van der Waals surface area contributed by atoms with E-state index in [0.717, 1.165) is 29.8 Å². The normalized spacial score (nSPS) is 12.6. The van der Waals surface area contributed by atoms with E-state index in [-0.39, 0.29) is 4.90 Å². The average Bonchev–Trinajstić information content (AvgIpc) is 3.17. The van der Waals surface area contributed by atoms with Gasteiger partial charge in [-0.15, -0.1) is 0 Å². The number of imidazole rings is 1. The van der Waals surface area contributed by atoms with Crippen molar-refractivity contribution in [2.75, 3.05) is 5.32 Å². The van der Waals surface area contributed by atoms with Crippen LogP contribution in [0.5, 0.6) is 0 Å². The third-order valence-electron chi connectivity index (χ3n) is 4.86. The highest BCUT2D eigenvalue weighted by atomic mass is 35.5. The summed E-state index contributed by atoms with van der Waals surface area (Å²) in [6.07, 6.45) is 0. The SMILES string of the molecule is CC(C(=O)Nc1ccc2nc(-c3ccccc3Cl)[nH]c2c1)S(=O)(=O)c1ccc(F)cc1. The molecule has 6 nitrogen and oxygen atoms in total. The van der Waals surface area contributed by atoms with E-state index in [1.54, 1.807) is 24.3 Å². The molecule has 0 radical (unpaired) electrons. The van der Waals surface area contributed by atoms with Crippen LogP contribution in [0.2, 0.25) is 5.02 Å². The number of halogens is 2. The lowest BCUT2D eigenvalue weighted by Crippen LogP contribution is -2.32. The predicted octanol–water partition coefficient (Wildman–Crippen LogP) is 4.82. The van der Waals surface area contributed by atoms with E-state index >= 15 is 0 Å². The van der Waals surface area contributed by atoms with Crippen LogP contribution in [0.4, 0.5) is 10.1 Å². The molecule has 1 unspecified atom stereocenters. The number of nitrogens with one attached hydrogen (secondary N) is 2. The zero-order valence-electron chi connectivity index (χ0n) is 16.3. The number of amides is 1. The Hall–Kier alpha value is -3.23. The van der Waals surface area contributed by atoms with Crippen molar-refractivity contribution in [3.8, 4) is 11.4 Å². The first-order chi connectivity index (χ1) is 14.8. The summed E-state index contributed by atoms with van der Waals surface area (Å²) in [6, 6.07) is 16.6. The van der Waals surface area contributed by atoms with Crippen LogP contribution in [-0.2, 0) is 14.6 Å². The number of hydrogen-bond acceptors (Lipinski definition) is 4. The second kappa shape index (κ2) is 8.13. The quantitative estimate of drug-likeness (QED) is 0.420. The molecule has 0 saturated carbocycles. The van der Waals surface area contributed by atoms with Gasteiger partial charge < -0.3 is 10.3 Å². The van der Waals surface area contributed by atoms with Gasteiger partial charge in [-0.2, -0.15) is 0 Å². The molecule has 1 atom stereocenters. The van der Waals surface area contributed by atoms with Gasteiger partial charge in [0, 0.05) is 11.3 Å². The Morgan fingerprint density at radius 3 is 2.52 bits per heavy atom. The van der Waals surface area contributed by atoms with Crippen molar-refractivity contribution < 1.29 is 17.6 Å². The van der Waals surface area contributed by atoms with Crippen LogP contribution in [0.15, 0.2) is 71.6 Å². The highest BCUT2D eigenvalue weighted by molar-refractivity contribution is 7.92. The molecule has 4 rings (SSSR count). The summed E-state index contributed by atoms with van der Waals surface area (Å²) in [5, 5.41) is 1.80. The highest BCUT2D eigenvalue weighted by Crippen LogP contribution is 2.28. The molecule has 1 heterocycles. The van der Waals surface area contributed by atoms with Gasteiger partial charge in [-0.1, -0.05) is 23.7 Å². The monoisotopic (exact) mass is 457 g/mol. The van der Waals surface area contributed by atoms with Crippen LogP contribution in [0.25, 0.3) is 22.4 Å². The first-order valence-corrected chi connectivity index (χ1v) is 11.2. The van der Waals surface area contributed by atoms with Crippen molar-refractivity contribution in [2.24, 2.45) is 0 Å². The summed E-state index contributed by atoms with van der Waals surface area (Å²) < 4.78 is 38.4. The van der Waals surface area contributed by atoms with E-state index in [0.29, 0.717) is 27.6 Å². The molecule has 0 saturated heterocycles. The van der Waals surface area contributed by atoms with Gasteiger partial charge in [0.15, 0.2) is 9.84 Å². The van der Waals surface area contributed by atoms with Gasteiger partial charge >= 0.3 is 0 Å². The number of fused-ring (bicyclic) bond motifs is 1. The van der Waals surface area contributed by atoms with Gasteiger partial charge in [0.05, 0.1) is 21.0 Å². The fraction of sp³-hybridized carbons (Fsp3) is 0.0909. The van der Waals surface area contributed by atoms with Crippen LogP contribution in [0.1, 0.15) is 6.92 Å². The maximum atomic E-state index is 13.1. The maximum absolute atomic E-state index is 13.1. The molecule has 0 spiro atoms. The Bertz CT molecular complexity index is 1380. The Labute approximate surface area is 183 Å². The van der Waals surface area contributed by atoms with E-state index in [4.69, 9.17) is 11.6 Å². The molecule has 0 bridgehead atoms. The molecule has 0 aliphatic heterocycles. The van der Waals surface area contributed by atoms with E-state index in [9.17, 15) is 17.6 Å². The van der Waals surface area contributed by atoms with Crippen molar-refractivity contribution in [1.82, 2.24) is 9.97 Å². The number of nitrogens with zero attached hydrogens (tertiary/aromatic N) is 1. The molecular formula is C22H17ClFN3O3S. The van der Waals surface area contributed by atoms with Crippen LogP contribution in [0, 0.1) is 5.82 Å². The zero-order valence-corrected chi connectivity index (χ0v) is 17.8. The highest BCUT2D eigenvalue weighted by Gasteiger charge is 2.30. The minimum absolute atomic E-state index is 0.120. The number of hydrogen-bond donors (Lipinski definition) is 2. The molecule has 3 aromatic carbocycles. The van der Waals surface area contributed by atoms with Crippen LogP contribution in [0.3, 0.4) is 0 Å². The smallest absolute Gasteiger partial charge is 0.242 e. The van der Waals surface area contributed by atoms with Crippen molar-refractivity contribution in [1.29, 1.82) is 0 Å². The topological polar surface area (TPSA) is 91.9 Å². The summed E-state index contributed by atoms with van der Waals surface area (Å²) in [6.45, 7) is 1.29. The fourth-order valence-electron chi connectivity index (χ4n) is 3.08. The van der Waals surface area contributed by atoms with Gasteiger partial charge in [-0.25, -0.2) is 17.8 Å². The third kappa shape index (κ3) is 4.17. The van der Waals surface area contributed by atoms with Crippen LogP contribution >= 0.6 is 11.6 Å². The summed E-state index contributed by atoms with van der Waals surface area (Å²) in [4.78, 5) is 20.1. The molecule has 9 heteroatoms. The minimum atomic E-state index is -3.97. The number of carbonyl (C=O) groups excluding carboxylic acids is 1. The van der Waals surface area contributed by atoms with E-state index in [1.807, 2.05) is 18.2 Å². The number of aromatic nitrogens is 2. The van der Waals surface area contributed by atoms with Crippen LogP contribution in [-0.4, -0.2) is 29.5 Å². The number of H-pyrrole nitrogens is 1. The lowest BCUT2D eigenvalue weighted by atomic mass is 10.2. The van der Waals surface area contributed by atoms with Gasteiger partial charge in [0.2, 0.25) is 5.91 Å². The zero-order chi connectivity index (χ0) is 22.2. The standard InChI is InChI=1S/C22H17ClFN3O3S/c1-13(31(29,30)16-9-6-14(24)7-10-16)22(28)25-15-8-11-19-20(12-15)27-21(26-19)17-4-2-3-5-18(17)23/h2-13H,1H3,(H,25,28)(H,26,27). The maximum Gasteiger partial charge on any atom is 0.242 e. The average molecular weight is 458 g/mol. The van der Waals surface area contributed by atoms with Gasteiger partial charge in [0.1, 0.15) is 16.9 Å². The number of aromatic amines is 1. The Morgan fingerprint density at radius 1 is 1.10 bits per heavy atom. The van der Waals surface area contributed by atoms with E-state index in [2.05, 4.69) is 15.3 Å². The molecule has 2 N–H and O–H groups in total. The molecular weight excluding hydrogens is 441 g/mol. The van der Waals surface area contributed by atoms with Gasteiger partial charge in [-0.05, 0) is 61.5 Å². The predicted molar refractivity (Wildman–Crippen MR) is 118 cm³/mol. The van der Waals surface area contributed by atoms with Gasteiger partial charge in [-0.3, -0.25) is 4.79 Å². The second-order valence-electron chi connectivity index (χ2n) is 6.93. The number of carbonyl (C=O) groups is 1. The van der Waals surface area contributed by atoms with Crippen molar-refractivity contribution in [3.05, 3.63) is 77.6 Å². The lowest BCUT2D eigenvalue weighted by Gasteiger charge is -2.13. The fourth-order valence-corrected chi connectivity index (χ4v) is 4.57. The summed E-state index contributed by atoms with van der Waals surface area (Å²) >= 11 is 6.23. The van der Waals surface area contributed by atoms with E-state index in [1.165, 1.54) is 6.92 Å². The van der Waals surface area contributed by atoms with Crippen molar-refractivity contribution >= 4 is 44.1 Å². The second-order valence-corrected chi connectivity index (χ2v) is 9.60. The molecule has 4 aromatic rings. The molecule has 0 aliphatic carbocycles. The first kappa shape index (κ1) is 21.0. The Morgan fingerprint density at radius 2 is 1.81 bits per heavy atom. The molecule has 158 valence electrons. The lowest BCUT2D eigenvalue weighted by molar-refractivity contribution is -0.115. The molecule has 0 aliphatic rings. The minimum Gasteiger partial charge on any atom is -0.338 e. The molecule has 31 heavy (non-hydrogen) atoms. The number of benzene rings is 3. The summed E-state index contributed by atoms with van der Waals surface area (Å²) in [5.74, 6) is -0.675. The number of anilines is 1. The molecule has 1 amide bonds. The third-order valence-corrected chi connectivity index (χ3v) is 7.26. The largest absolute Gasteiger partial charge is 0.338 e.